The Kier molecular flexibility index (Phi) is 4.11. The first-order valence-corrected chi connectivity index (χ1v) is 6.29. The fraction of sp³-hybridized carbons (Fsp3) is 0.0769. The third-order valence-electron chi connectivity index (χ3n) is 2.50. The number of nitrogens with one attached hydrogen (secondary N) is 1. The van der Waals surface area contributed by atoms with Crippen LogP contribution < -0.4 is 11.1 Å². The quantitative estimate of drug-likeness (QED) is 0.911. The molecule has 0 saturated heterocycles. The minimum Gasteiger partial charge on any atom is -0.383 e. The molecule has 0 unspecified atom stereocenters. The molecule has 6 heteroatoms. The second kappa shape index (κ2) is 5.79. The predicted molar refractivity (Wildman–Crippen MR) is 73.9 cm³/mol. The number of nitrogens with two attached hydrogens (primary N) is 1. The summed E-state index contributed by atoms with van der Waals surface area (Å²) in [7, 11) is 0. The fourth-order valence-electron chi connectivity index (χ4n) is 1.51. The molecule has 0 aliphatic carbocycles. The van der Waals surface area contributed by atoms with Crippen molar-refractivity contribution >= 4 is 27.7 Å². The van der Waals surface area contributed by atoms with Gasteiger partial charge < -0.3 is 11.1 Å². The van der Waals surface area contributed by atoms with E-state index in [4.69, 9.17) is 5.73 Å². The highest BCUT2D eigenvalue weighted by Gasteiger charge is 2.11. The van der Waals surface area contributed by atoms with E-state index in [0.29, 0.717) is 6.54 Å². The second-order valence-electron chi connectivity index (χ2n) is 3.90. The maximum absolute atomic E-state index is 13.0. The monoisotopic (exact) mass is 323 g/mol. The van der Waals surface area contributed by atoms with E-state index < -0.39 is 11.7 Å². The van der Waals surface area contributed by atoms with Crippen molar-refractivity contribution in [2.24, 2.45) is 0 Å². The summed E-state index contributed by atoms with van der Waals surface area (Å²) in [6.07, 6.45) is 0.973. The lowest BCUT2D eigenvalue weighted by Gasteiger charge is -2.07. The summed E-state index contributed by atoms with van der Waals surface area (Å²) in [6, 6.07) is 8.56. The minimum atomic E-state index is -0.594. The summed E-state index contributed by atoms with van der Waals surface area (Å²) in [5, 5.41) is 2.66. The molecule has 0 atom stereocenters. The van der Waals surface area contributed by atoms with Crippen LogP contribution in [0.2, 0.25) is 0 Å². The van der Waals surface area contributed by atoms with Crippen LogP contribution in [-0.2, 0) is 6.54 Å². The van der Waals surface area contributed by atoms with Crippen LogP contribution in [0, 0.1) is 5.82 Å². The van der Waals surface area contributed by atoms with Crippen molar-refractivity contribution in [3.05, 3.63) is 57.9 Å². The standard InChI is InChI=1S/C13H11BrFN3O/c14-9-3-1-8(2-4-9)6-18-13(19)11-5-10(15)7-17-12(11)16/h1-5,7H,6H2,(H2,16,17)(H,18,19). The molecule has 0 aliphatic heterocycles. The van der Waals surface area contributed by atoms with Gasteiger partial charge in [0.05, 0.1) is 11.8 Å². The average Bonchev–Trinajstić information content (AvgIpc) is 2.40. The van der Waals surface area contributed by atoms with Crippen LogP contribution in [0.25, 0.3) is 0 Å². The highest BCUT2D eigenvalue weighted by molar-refractivity contribution is 9.10. The lowest BCUT2D eigenvalue weighted by Crippen LogP contribution is -2.24. The van der Waals surface area contributed by atoms with Gasteiger partial charge in [-0.2, -0.15) is 0 Å². The molecule has 0 aliphatic rings. The SMILES string of the molecule is Nc1ncc(F)cc1C(=O)NCc1ccc(Br)cc1. The van der Waals surface area contributed by atoms with Crippen LogP contribution in [-0.4, -0.2) is 10.9 Å². The van der Waals surface area contributed by atoms with Crippen molar-refractivity contribution in [2.45, 2.75) is 6.54 Å². The molecule has 3 N–H and O–H groups in total. The molecule has 2 aromatic rings. The summed E-state index contributed by atoms with van der Waals surface area (Å²) in [4.78, 5) is 15.5. The molecule has 1 amide bonds. The smallest absolute Gasteiger partial charge is 0.255 e. The average molecular weight is 324 g/mol. The van der Waals surface area contributed by atoms with Gasteiger partial charge in [-0.15, -0.1) is 0 Å². The normalized spacial score (nSPS) is 10.2. The van der Waals surface area contributed by atoms with Crippen LogP contribution in [0.3, 0.4) is 0 Å². The summed E-state index contributed by atoms with van der Waals surface area (Å²) < 4.78 is 14.0. The Morgan fingerprint density at radius 3 is 2.74 bits per heavy atom. The van der Waals surface area contributed by atoms with Gasteiger partial charge in [-0.05, 0) is 23.8 Å². The fourth-order valence-corrected chi connectivity index (χ4v) is 1.78. The molecule has 4 nitrogen and oxygen atoms in total. The van der Waals surface area contributed by atoms with E-state index in [1.54, 1.807) is 0 Å². The van der Waals surface area contributed by atoms with Gasteiger partial charge in [0.1, 0.15) is 11.6 Å². The van der Waals surface area contributed by atoms with E-state index in [1.807, 2.05) is 24.3 Å². The van der Waals surface area contributed by atoms with Crippen LogP contribution in [0.15, 0.2) is 41.0 Å². The van der Waals surface area contributed by atoms with Crippen molar-refractivity contribution < 1.29 is 9.18 Å². The van der Waals surface area contributed by atoms with E-state index >= 15 is 0 Å². The molecular formula is C13H11BrFN3O. The van der Waals surface area contributed by atoms with Gasteiger partial charge in [-0.3, -0.25) is 4.79 Å². The third-order valence-corrected chi connectivity index (χ3v) is 3.02. The largest absolute Gasteiger partial charge is 0.383 e. The van der Waals surface area contributed by atoms with Gasteiger partial charge in [0.25, 0.3) is 5.91 Å². The van der Waals surface area contributed by atoms with Crippen LogP contribution >= 0.6 is 15.9 Å². The topological polar surface area (TPSA) is 68.0 Å². The number of nitrogens with zero attached hydrogens (tertiary/aromatic N) is 1. The number of nitrogen functional groups attached to an aromatic ring is 1. The van der Waals surface area contributed by atoms with Gasteiger partial charge in [-0.25, -0.2) is 9.37 Å². The van der Waals surface area contributed by atoms with Gasteiger partial charge in [0.15, 0.2) is 0 Å². The van der Waals surface area contributed by atoms with Gasteiger partial charge >= 0.3 is 0 Å². The Labute approximate surface area is 118 Å². The third kappa shape index (κ3) is 3.51. The maximum Gasteiger partial charge on any atom is 0.255 e. The number of aromatic nitrogens is 1. The number of hydrogen-bond acceptors (Lipinski definition) is 3. The summed E-state index contributed by atoms with van der Waals surface area (Å²) in [5.74, 6) is -1.04. The number of carbonyl (C=O) groups excluding carboxylic acids is 1. The highest BCUT2D eigenvalue weighted by Crippen LogP contribution is 2.12. The Morgan fingerprint density at radius 1 is 1.37 bits per heavy atom. The number of amides is 1. The first-order chi connectivity index (χ1) is 9.06. The number of halogens is 2. The van der Waals surface area contributed by atoms with E-state index in [0.717, 1.165) is 22.3 Å². The molecule has 0 spiro atoms. The highest BCUT2D eigenvalue weighted by atomic mass is 79.9. The maximum atomic E-state index is 13.0. The Morgan fingerprint density at radius 2 is 2.05 bits per heavy atom. The molecule has 0 fully saturated rings. The molecule has 1 aromatic heterocycles. The van der Waals surface area contributed by atoms with Crippen LogP contribution in [0.4, 0.5) is 10.2 Å². The van der Waals surface area contributed by atoms with E-state index in [-0.39, 0.29) is 11.4 Å². The molecule has 2 rings (SSSR count). The first-order valence-electron chi connectivity index (χ1n) is 5.50. The van der Waals surface area contributed by atoms with Gasteiger partial charge in [0.2, 0.25) is 0 Å². The van der Waals surface area contributed by atoms with Crippen molar-refractivity contribution in [1.82, 2.24) is 10.3 Å². The van der Waals surface area contributed by atoms with E-state index in [1.165, 1.54) is 0 Å². The number of rotatable bonds is 3. The van der Waals surface area contributed by atoms with Crippen LogP contribution in [0.1, 0.15) is 15.9 Å². The summed E-state index contributed by atoms with van der Waals surface area (Å²) in [5.41, 5.74) is 6.50. The minimum absolute atomic E-state index is 0.00899. The number of anilines is 1. The molecule has 0 bridgehead atoms. The zero-order valence-electron chi connectivity index (χ0n) is 9.86. The zero-order chi connectivity index (χ0) is 13.8. The number of benzene rings is 1. The molecule has 0 radical (unpaired) electrons. The van der Waals surface area contributed by atoms with Crippen molar-refractivity contribution in [1.29, 1.82) is 0 Å². The summed E-state index contributed by atoms with van der Waals surface area (Å²) >= 11 is 3.33. The van der Waals surface area contributed by atoms with Gasteiger partial charge in [0, 0.05) is 11.0 Å². The predicted octanol–water partition coefficient (Wildman–Crippen LogP) is 2.50. The second-order valence-corrected chi connectivity index (χ2v) is 4.81. The number of pyridine rings is 1. The van der Waals surface area contributed by atoms with E-state index in [2.05, 4.69) is 26.2 Å². The lowest BCUT2D eigenvalue weighted by molar-refractivity contribution is 0.0951. The molecule has 19 heavy (non-hydrogen) atoms. The Bertz CT molecular complexity index is 601. The van der Waals surface area contributed by atoms with Crippen molar-refractivity contribution in [3.8, 4) is 0 Å². The Hall–Kier alpha value is -1.95. The molecule has 0 saturated carbocycles. The lowest BCUT2D eigenvalue weighted by atomic mass is 10.2. The number of carbonyl (C=O) groups is 1. The van der Waals surface area contributed by atoms with Crippen molar-refractivity contribution in [3.63, 3.8) is 0 Å². The van der Waals surface area contributed by atoms with Gasteiger partial charge in [-0.1, -0.05) is 28.1 Å². The summed E-state index contributed by atoms with van der Waals surface area (Å²) in [6.45, 7) is 0.335. The van der Waals surface area contributed by atoms with Crippen LogP contribution in [0.5, 0.6) is 0 Å². The number of hydrogen-bond donors (Lipinski definition) is 2. The Balaban J connectivity index is 2.05. The molecule has 1 heterocycles. The van der Waals surface area contributed by atoms with E-state index in [9.17, 15) is 9.18 Å². The molecule has 1 aromatic carbocycles. The molecule has 98 valence electrons. The zero-order valence-corrected chi connectivity index (χ0v) is 11.4. The van der Waals surface area contributed by atoms with Crippen molar-refractivity contribution in [2.75, 3.05) is 5.73 Å². The first kappa shape index (κ1) is 13.5. The molecular weight excluding hydrogens is 313 g/mol.